The molecule has 0 saturated carbocycles. The van der Waals surface area contributed by atoms with Gasteiger partial charge >= 0.3 is 17.7 Å². The highest BCUT2D eigenvalue weighted by Crippen LogP contribution is 2.20. The summed E-state index contributed by atoms with van der Waals surface area (Å²) in [6.07, 6.45) is -0.262. The molecule has 0 aromatic heterocycles. The SMILES string of the molecule is CC(CC(=O)O)NC(=O)Nc1ccc([N+](=O)[O-])c(F)c1. The first-order valence-electron chi connectivity index (χ1n) is 5.53. The Balaban J connectivity index is 2.65. The lowest BCUT2D eigenvalue weighted by atomic mass is 10.2. The van der Waals surface area contributed by atoms with Crippen LogP contribution < -0.4 is 10.6 Å². The number of amides is 2. The third kappa shape index (κ3) is 4.52. The Labute approximate surface area is 112 Å². The van der Waals surface area contributed by atoms with E-state index in [4.69, 9.17) is 5.11 Å². The zero-order valence-electron chi connectivity index (χ0n) is 10.4. The molecule has 2 amide bonds. The second-order valence-electron chi connectivity index (χ2n) is 4.02. The van der Waals surface area contributed by atoms with Crippen LogP contribution in [-0.4, -0.2) is 28.1 Å². The molecule has 0 saturated heterocycles. The maximum Gasteiger partial charge on any atom is 0.319 e. The van der Waals surface area contributed by atoms with Gasteiger partial charge in [0.05, 0.1) is 11.3 Å². The van der Waals surface area contributed by atoms with Crippen LogP contribution in [0.25, 0.3) is 0 Å². The fraction of sp³-hybridized carbons (Fsp3) is 0.273. The number of halogens is 1. The highest BCUT2D eigenvalue weighted by atomic mass is 19.1. The van der Waals surface area contributed by atoms with Crippen molar-refractivity contribution < 1.29 is 24.0 Å². The van der Waals surface area contributed by atoms with Crippen molar-refractivity contribution in [3.8, 4) is 0 Å². The number of carbonyl (C=O) groups is 2. The monoisotopic (exact) mass is 285 g/mol. The van der Waals surface area contributed by atoms with Crippen LogP contribution in [0.5, 0.6) is 0 Å². The molecule has 0 bridgehead atoms. The van der Waals surface area contributed by atoms with Gasteiger partial charge in [-0.2, -0.15) is 4.39 Å². The first-order chi connectivity index (χ1) is 9.29. The van der Waals surface area contributed by atoms with Gasteiger partial charge in [-0.05, 0) is 13.0 Å². The Morgan fingerprint density at radius 2 is 2.15 bits per heavy atom. The molecule has 9 heteroatoms. The zero-order chi connectivity index (χ0) is 15.3. The van der Waals surface area contributed by atoms with Crippen molar-refractivity contribution in [2.45, 2.75) is 19.4 Å². The van der Waals surface area contributed by atoms with Gasteiger partial charge in [-0.15, -0.1) is 0 Å². The number of hydrogen-bond acceptors (Lipinski definition) is 4. The average molecular weight is 285 g/mol. The number of nitro benzene ring substituents is 1. The van der Waals surface area contributed by atoms with Gasteiger partial charge in [-0.3, -0.25) is 14.9 Å². The number of anilines is 1. The van der Waals surface area contributed by atoms with Gasteiger partial charge in [-0.1, -0.05) is 0 Å². The molecule has 0 aliphatic carbocycles. The molecule has 1 atom stereocenters. The average Bonchev–Trinajstić information content (AvgIpc) is 2.26. The maximum atomic E-state index is 13.3. The second kappa shape index (κ2) is 6.45. The van der Waals surface area contributed by atoms with Gasteiger partial charge in [0.1, 0.15) is 0 Å². The number of carbonyl (C=O) groups excluding carboxylic acids is 1. The van der Waals surface area contributed by atoms with Crippen molar-refractivity contribution in [2.24, 2.45) is 0 Å². The molecule has 0 spiro atoms. The van der Waals surface area contributed by atoms with E-state index in [1.807, 2.05) is 0 Å². The summed E-state index contributed by atoms with van der Waals surface area (Å²) in [6, 6.07) is 1.55. The van der Waals surface area contributed by atoms with E-state index in [0.29, 0.717) is 0 Å². The molecule has 1 rings (SSSR count). The first-order valence-corrected chi connectivity index (χ1v) is 5.53. The van der Waals surface area contributed by atoms with Crippen LogP contribution in [0.4, 0.5) is 20.6 Å². The van der Waals surface area contributed by atoms with Gasteiger partial charge in [0.25, 0.3) is 0 Å². The largest absolute Gasteiger partial charge is 0.481 e. The number of urea groups is 1. The smallest absolute Gasteiger partial charge is 0.319 e. The minimum absolute atomic E-state index is 0.0214. The van der Waals surface area contributed by atoms with Crippen molar-refractivity contribution in [1.29, 1.82) is 0 Å². The quantitative estimate of drug-likeness (QED) is 0.561. The Kier molecular flexibility index (Phi) is 4.95. The Hall–Kier alpha value is -2.71. The minimum Gasteiger partial charge on any atom is -0.481 e. The standard InChI is InChI=1S/C11H12FN3O5/c1-6(4-10(16)17)13-11(18)14-7-2-3-9(15(19)20)8(12)5-7/h2-3,5-6H,4H2,1H3,(H,16,17)(H2,13,14,18). The molecule has 0 heterocycles. The number of benzene rings is 1. The molecule has 3 N–H and O–H groups in total. The van der Waals surface area contributed by atoms with Gasteiger partial charge in [0, 0.05) is 23.9 Å². The minimum atomic E-state index is -1.08. The predicted octanol–water partition coefficient (Wildman–Crippen LogP) is 1.72. The van der Waals surface area contributed by atoms with Crippen LogP contribution in [0.3, 0.4) is 0 Å². The van der Waals surface area contributed by atoms with Crippen LogP contribution in [0.2, 0.25) is 0 Å². The second-order valence-corrected chi connectivity index (χ2v) is 4.02. The van der Waals surface area contributed by atoms with Crippen LogP contribution in [0.1, 0.15) is 13.3 Å². The summed E-state index contributed by atoms with van der Waals surface area (Å²) in [4.78, 5) is 31.4. The van der Waals surface area contributed by atoms with E-state index in [0.717, 1.165) is 12.1 Å². The number of nitro groups is 1. The molecule has 0 radical (unpaired) electrons. The Morgan fingerprint density at radius 1 is 1.50 bits per heavy atom. The summed E-state index contributed by atoms with van der Waals surface area (Å²) >= 11 is 0. The summed E-state index contributed by atoms with van der Waals surface area (Å²) in [7, 11) is 0. The van der Waals surface area contributed by atoms with E-state index in [-0.39, 0.29) is 12.1 Å². The first kappa shape index (κ1) is 15.3. The Morgan fingerprint density at radius 3 is 2.65 bits per heavy atom. The van der Waals surface area contributed by atoms with Crippen molar-refractivity contribution in [2.75, 3.05) is 5.32 Å². The lowest BCUT2D eigenvalue weighted by molar-refractivity contribution is -0.387. The third-order valence-electron chi connectivity index (χ3n) is 2.26. The number of rotatable bonds is 5. The molecule has 0 fully saturated rings. The summed E-state index contributed by atoms with van der Waals surface area (Å²) in [5.41, 5.74) is -0.677. The van der Waals surface area contributed by atoms with Crippen LogP contribution in [0, 0.1) is 15.9 Å². The number of hydrogen-bond donors (Lipinski definition) is 3. The summed E-state index contributed by atoms with van der Waals surface area (Å²) in [6.45, 7) is 1.49. The summed E-state index contributed by atoms with van der Waals surface area (Å²) < 4.78 is 13.3. The molecule has 108 valence electrons. The molecule has 1 unspecified atom stereocenters. The van der Waals surface area contributed by atoms with E-state index in [2.05, 4.69) is 10.6 Å². The molecule has 0 aliphatic rings. The van der Waals surface area contributed by atoms with Crippen LogP contribution in [0.15, 0.2) is 18.2 Å². The molecule has 8 nitrogen and oxygen atoms in total. The van der Waals surface area contributed by atoms with Crippen molar-refractivity contribution in [1.82, 2.24) is 5.32 Å². The van der Waals surface area contributed by atoms with Crippen LogP contribution >= 0.6 is 0 Å². The Bertz CT molecular complexity index is 549. The van der Waals surface area contributed by atoms with Gasteiger partial charge in [-0.25, -0.2) is 4.79 Å². The fourth-order valence-corrected chi connectivity index (χ4v) is 1.44. The molecular weight excluding hydrogens is 273 g/mol. The summed E-state index contributed by atoms with van der Waals surface area (Å²) in [5, 5.41) is 23.5. The van der Waals surface area contributed by atoms with Crippen molar-refractivity contribution in [3.63, 3.8) is 0 Å². The third-order valence-corrected chi connectivity index (χ3v) is 2.26. The molecular formula is C11H12FN3O5. The van der Waals surface area contributed by atoms with E-state index in [1.54, 1.807) is 0 Å². The van der Waals surface area contributed by atoms with E-state index >= 15 is 0 Å². The number of nitrogens with zero attached hydrogens (tertiary/aromatic N) is 1. The van der Waals surface area contributed by atoms with Gasteiger partial charge in [0.15, 0.2) is 0 Å². The number of nitrogens with one attached hydrogen (secondary N) is 2. The molecule has 0 aliphatic heterocycles. The van der Waals surface area contributed by atoms with Crippen molar-refractivity contribution in [3.05, 3.63) is 34.1 Å². The molecule has 1 aromatic rings. The van der Waals surface area contributed by atoms with E-state index < -0.39 is 34.5 Å². The van der Waals surface area contributed by atoms with Gasteiger partial charge in [0.2, 0.25) is 5.82 Å². The normalized spacial score (nSPS) is 11.5. The number of carboxylic acid groups (broad SMARTS) is 1. The lowest BCUT2D eigenvalue weighted by Crippen LogP contribution is -2.37. The van der Waals surface area contributed by atoms with Crippen LogP contribution in [-0.2, 0) is 4.79 Å². The zero-order valence-corrected chi connectivity index (χ0v) is 10.4. The predicted molar refractivity (Wildman–Crippen MR) is 66.9 cm³/mol. The lowest BCUT2D eigenvalue weighted by Gasteiger charge is -2.12. The van der Waals surface area contributed by atoms with E-state index in [1.165, 1.54) is 13.0 Å². The highest BCUT2D eigenvalue weighted by Gasteiger charge is 2.15. The highest BCUT2D eigenvalue weighted by molar-refractivity contribution is 5.89. The number of carboxylic acids is 1. The van der Waals surface area contributed by atoms with Gasteiger partial charge < -0.3 is 15.7 Å². The molecule has 1 aromatic carbocycles. The number of aliphatic carboxylic acids is 1. The fourth-order valence-electron chi connectivity index (χ4n) is 1.44. The maximum absolute atomic E-state index is 13.3. The summed E-state index contributed by atoms with van der Waals surface area (Å²) in [5.74, 6) is -2.15. The van der Waals surface area contributed by atoms with Crippen molar-refractivity contribution >= 4 is 23.4 Å². The topological polar surface area (TPSA) is 122 Å². The molecule has 20 heavy (non-hydrogen) atoms. The van der Waals surface area contributed by atoms with E-state index in [9.17, 15) is 24.1 Å².